The van der Waals surface area contributed by atoms with E-state index in [0.29, 0.717) is 61.2 Å². The van der Waals surface area contributed by atoms with E-state index in [1.165, 1.54) is 12.4 Å². The van der Waals surface area contributed by atoms with E-state index in [0.717, 1.165) is 33.2 Å². The molecule has 0 saturated carbocycles. The number of carboxylic acid groups (broad SMARTS) is 1. The van der Waals surface area contributed by atoms with Gasteiger partial charge in [0.2, 0.25) is 0 Å². The number of ether oxygens (including phenoxy) is 4. The van der Waals surface area contributed by atoms with Gasteiger partial charge in [-0.05, 0) is 85.0 Å². The van der Waals surface area contributed by atoms with E-state index in [9.17, 15) is 35.4 Å². The van der Waals surface area contributed by atoms with Gasteiger partial charge in [-0.2, -0.15) is 15.6 Å². The van der Waals surface area contributed by atoms with Crippen LogP contribution in [0.3, 0.4) is 0 Å². The maximum Gasteiger partial charge on any atom is 0.325 e. The van der Waals surface area contributed by atoms with Crippen LogP contribution in [0.4, 0.5) is 0 Å². The van der Waals surface area contributed by atoms with Gasteiger partial charge in [-0.3, -0.25) is 34.9 Å². The number of aromatic nitrogens is 4. The topological polar surface area (TPSA) is 247 Å². The number of carbonyl (C=O) groups excluding carboxylic acids is 1. The lowest BCUT2D eigenvalue weighted by Crippen LogP contribution is -2.41. The molecule has 2 atom stereocenters. The molecule has 0 aliphatic rings. The Labute approximate surface area is 425 Å². The smallest absolute Gasteiger partial charge is 0.325 e. The van der Waals surface area contributed by atoms with Crippen LogP contribution >= 0.6 is 23.2 Å². The second-order valence-electron chi connectivity index (χ2n) is 16.9. The van der Waals surface area contributed by atoms with Gasteiger partial charge in [0.1, 0.15) is 61.3 Å². The molecule has 0 saturated heterocycles. The second kappa shape index (κ2) is 24.5. The molecule has 19 heteroatoms. The van der Waals surface area contributed by atoms with E-state index in [1.54, 1.807) is 62.8 Å². The van der Waals surface area contributed by atoms with Crippen LogP contribution in [-0.4, -0.2) is 78.4 Å². The summed E-state index contributed by atoms with van der Waals surface area (Å²) in [5.74, 6) is -0.703. The molecule has 3 aromatic heterocycles. The third kappa shape index (κ3) is 13.0. The number of aliphatic carboxylic acids is 1. The minimum Gasteiger partial charge on any atom is -0.489 e. The van der Waals surface area contributed by atoms with Crippen molar-refractivity contribution in [2.75, 3.05) is 13.2 Å². The molecule has 0 spiro atoms. The monoisotopic (exact) mass is 1010 g/mol. The van der Waals surface area contributed by atoms with Crippen molar-refractivity contribution in [1.82, 2.24) is 30.4 Å². The Kier molecular flexibility index (Phi) is 17.8. The number of esters is 1. The summed E-state index contributed by atoms with van der Waals surface area (Å²) in [5.41, 5.74) is 8.41. The number of nitrogens with one attached hydrogen (secondary N) is 2. The molecule has 7 aromatic rings. The minimum absolute atomic E-state index is 0.00337. The number of carbonyl (C=O) groups is 2. The first-order valence-electron chi connectivity index (χ1n) is 22.6. The van der Waals surface area contributed by atoms with Crippen molar-refractivity contribution in [2.24, 2.45) is 0 Å². The maximum atomic E-state index is 12.7. The molecule has 0 radical (unpaired) electrons. The molecule has 0 fully saturated rings. The van der Waals surface area contributed by atoms with Gasteiger partial charge < -0.3 is 34.3 Å². The Morgan fingerprint density at radius 3 is 1.89 bits per heavy atom. The van der Waals surface area contributed by atoms with Gasteiger partial charge in [-0.15, -0.1) is 0 Å². The van der Waals surface area contributed by atoms with Gasteiger partial charge in [0.25, 0.3) is 0 Å². The van der Waals surface area contributed by atoms with Crippen LogP contribution in [0, 0.1) is 29.6 Å². The molecule has 0 bridgehead atoms. The summed E-state index contributed by atoms with van der Waals surface area (Å²) in [7, 11) is 0. The molecule has 7 rings (SSSR count). The molecular formula is C53H50Cl2N8O9. The number of rotatable bonds is 23. The largest absolute Gasteiger partial charge is 0.489 e. The van der Waals surface area contributed by atoms with Gasteiger partial charge in [-0.25, -0.2) is 0 Å². The first-order chi connectivity index (χ1) is 34.8. The molecule has 5 N–H and O–H groups in total. The second-order valence-corrected chi connectivity index (χ2v) is 17.7. The number of hydrogen-bond donors (Lipinski definition) is 5. The van der Waals surface area contributed by atoms with Gasteiger partial charge in [-0.1, -0.05) is 53.5 Å². The van der Waals surface area contributed by atoms with Crippen LogP contribution in [-0.2, 0) is 53.8 Å². The minimum atomic E-state index is -1.22. The SMILES string of the molecule is Cc1c(COc2cc(OCc3cncc(C#N)c3)c(CN[C@@H](CO)C(=O)O)cc2Cl)cccc1-c1cccc2c1cnn2Cc1cc(OCc2cncc(C#N)c2)c(CNC(CO)C(=O)OC(C)C)cc1Cl. The number of benzene rings is 4. The third-order valence-corrected chi connectivity index (χ3v) is 12.1. The Hall–Kier alpha value is -7.61. The normalized spacial score (nSPS) is 12.0. The predicted octanol–water partition coefficient (Wildman–Crippen LogP) is 7.57. The standard InChI is InChI=1S/C53H50Cl2N8O9/c1-31(2)72-53(68)47(27-65)61-23-38-12-44(54)40(14-49(38)69-28-35-10-33(16-56)18-58-20-35)25-63-48-9-5-8-42(43(48)24-62-63)41-7-4-6-37(32(41)3)30-71-51-15-50(70-29-36-11-34(17-57)19-59-21-36)39(13-45(51)55)22-60-46(26-64)52(66)67/h4-15,18-21,24,31,46-47,60-61,64-65H,22-23,25-30H2,1-3H3,(H,66,67)/t46-,47?/m0/s1. The summed E-state index contributed by atoms with van der Waals surface area (Å²) in [6.45, 7) is 4.97. The average molecular weight is 1010 g/mol. The number of pyridine rings is 2. The fourth-order valence-corrected chi connectivity index (χ4v) is 8.20. The summed E-state index contributed by atoms with van der Waals surface area (Å²) in [6.07, 6.45) is 7.53. The van der Waals surface area contributed by atoms with E-state index >= 15 is 0 Å². The van der Waals surface area contributed by atoms with Gasteiger partial charge in [0.15, 0.2) is 0 Å². The van der Waals surface area contributed by atoms with Crippen molar-refractivity contribution in [3.8, 4) is 40.5 Å². The number of fused-ring (bicyclic) bond motifs is 1. The van der Waals surface area contributed by atoms with Crippen molar-refractivity contribution in [2.45, 2.75) is 78.4 Å². The maximum absolute atomic E-state index is 12.7. The summed E-state index contributed by atoms with van der Waals surface area (Å²) >= 11 is 13.8. The van der Waals surface area contributed by atoms with Crippen molar-refractivity contribution < 1.29 is 43.9 Å². The van der Waals surface area contributed by atoms with Crippen LogP contribution in [0.1, 0.15) is 63.9 Å². The first kappa shape index (κ1) is 52.2. The van der Waals surface area contributed by atoms with Gasteiger partial charge >= 0.3 is 11.9 Å². The zero-order valence-electron chi connectivity index (χ0n) is 39.4. The lowest BCUT2D eigenvalue weighted by Gasteiger charge is -2.19. The predicted molar refractivity (Wildman–Crippen MR) is 267 cm³/mol. The number of hydrogen-bond acceptors (Lipinski definition) is 15. The Bertz CT molecular complexity index is 3170. The molecule has 4 aromatic carbocycles. The number of nitrogens with zero attached hydrogens (tertiary/aromatic N) is 6. The van der Waals surface area contributed by atoms with Crippen LogP contribution in [0.5, 0.6) is 17.2 Å². The van der Waals surface area contributed by atoms with Crippen LogP contribution in [0.2, 0.25) is 10.0 Å². The Balaban J connectivity index is 1.13. The molecule has 3 heterocycles. The summed E-state index contributed by atoms with van der Waals surface area (Å²) < 4.78 is 26.0. The highest BCUT2D eigenvalue weighted by atomic mass is 35.5. The van der Waals surface area contributed by atoms with E-state index in [1.807, 2.05) is 54.1 Å². The van der Waals surface area contributed by atoms with Crippen molar-refractivity contribution >= 4 is 46.0 Å². The third-order valence-electron chi connectivity index (χ3n) is 11.5. The van der Waals surface area contributed by atoms with Gasteiger partial charge in [0, 0.05) is 76.6 Å². The fraction of sp³-hybridized carbons (Fsp3) is 0.264. The molecule has 72 heavy (non-hydrogen) atoms. The van der Waals surface area contributed by atoms with E-state index < -0.39 is 37.2 Å². The highest BCUT2D eigenvalue weighted by molar-refractivity contribution is 6.32. The molecular weight excluding hydrogens is 964 g/mol. The molecule has 17 nitrogen and oxygen atoms in total. The molecule has 0 amide bonds. The number of halogens is 2. The van der Waals surface area contributed by atoms with Crippen LogP contribution < -0.4 is 24.8 Å². The zero-order valence-corrected chi connectivity index (χ0v) is 40.9. The Morgan fingerprint density at radius 1 is 0.694 bits per heavy atom. The van der Waals surface area contributed by atoms with Crippen molar-refractivity contribution in [1.29, 1.82) is 10.5 Å². The number of aliphatic hydroxyl groups is 2. The molecule has 0 aliphatic heterocycles. The fourth-order valence-electron chi connectivity index (χ4n) is 7.71. The Morgan fingerprint density at radius 2 is 1.28 bits per heavy atom. The summed E-state index contributed by atoms with van der Waals surface area (Å²) in [4.78, 5) is 32.5. The lowest BCUT2D eigenvalue weighted by atomic mass is 9.94. The van der Waals surface area contributed by atoms with Crippen molar-refractivity contribution in [3.63, 3.8) is 0 Å². The molecule has 0 aliphatic carbocycles. The number of aliphatic hydroxyl groups excluding tert-OH is 2. The van der Waals surface area contributed by atoms with Crippen molar-refractivity contribution in [3.05, 3.63) is 164 Å². The van der Waals surface area contributed by atoms with Gasteiger partial charge in [0.05, 0.1) is 53.7 Å². The molecule has 370 valence electrons. The lowest BCUT2D eigenvalue weighted by molar-refractivity contribution is -0.151. The van der Waals surface area contributed by atoms with E-state index in [4.69, 9.17) is 47.2 Å². The van der Waals surface area contributed by atoms with E-state index in [-0.39, 0.29) is 50.6 Å². The number of nitriles is 2. The highest BCUT2D eigenvalue weighted by Crippen LogP contribution is 2.37. The van der Waals surface area contributed by atoms with E-state index in [2.05, 4.69) is 32.7 Å². The quantitative estimate of drug-likeness (QED) is 0.0388. The molecule has 1 unspecified atom stereocenters. The van der Waals surface area contributed by atoms with Crippen LogP contribution in [0.15, 0.2) is 104 Å². The average Bonchev–Trinajstić information content (AvgIpc) is 3.79. The summed E-state index contributed by atoms with van der Waals surface area (Å²) in [6, 6.07) is 24.0. The first-order valence-corrected chi connectivity index (χ1v) is 23.4. The number of carboxylic acids is 1. The zero-order chi connectivity index (χ0) is 51.3. The highest BCUT2D eigenvalue weighted by Gasteiger charge is 2.23. The summed E-state index contributed by atoms with van der Waals surface area (Å²) in [5, 5.41) is 60.1. The van der Waals surface area contributed by atoms with Crippen LogP contribution in [0.25, 0.3) is 22.0 Å².